The molecule has 0 atom stereocenters. The summed E-state index contributed by atoms with van der Waals surface area (Å²) in [6.45, 7) is 8.58. The van der Waals surface area contributed by atoms with E-state index >= 15 is 0 Å². The van der Waals surface area contributed by atoms with Gasteiger partial charge < -0.3 is 0 Å². The largest absolute Gasteiger partial charge is 0.234 e. The summed E-state index contributed by atoms with van der Waals surface area (Å²) in [5, 5.41) is 0. The van der Waals surface area contributed by atoms with Crippen LogP contribution in [0.3, 0.4) is 0 Å². The fraction of sp³-hybridized carbons (Fsp3) is 0.714. The third-order valence-corrected chi connectivity index (χ3v) is 2.56. The van der Waals surface area contributed by atoms with E-state index in [4.69, 9.17) is 0 Å². The maximum atomic E-state index is 10.0. The molecular formula is C7H14OSi. The van der Waals surface area contributed by atoms with Gasteiger partial charge in [-0.1, -0.05) is 19.6 Å². The van der Waals surface area contributed by atoms with Gasteiger partial charge in [0.2, 0.25) is 0 Å². The lowest BCUT2D eigenvalue weighted by atomic mass is 10.4. The zero-order valence-electron chi connectivity index (χ0n) is 6.62. The van der Waals surface area contributed by atoms with Crippen LogP contribution in [0.1, 0.15) is 6.92 Å². The predicted molar refractivity (Wildman–Crippen MR) is 43.0 cm³/mol. The van der Waals surface area contributed by atoms with Crippen LogP contribution in [0.15, 0.2) is 5.57 Å². The van der Waals surface area contributed by atoms with Crippen molar-refractivity contribution in [3.63, 3.8) is 0 Å². The molecule has 0 aliphatic rings. The Balaban J connectivity index is 3.89. The molecular weight excluding hydrogens is 128 g/mol. The number of hydrogen-bond donors (Lipinski definition) is 0. The fourth-order valence-electron chi connectivity index (χ4n) is 0.832. The van der Waals surface area contributed by atoms with Gasteiger partial charge in [-0.05, 0) is 13.0 Å². The van der Waals surface area contributed by atoms with Crippen LogP contribution in [0.2, 0.25) is 25.7 Å². The smallest absolute Gasteiger partial charge is 0.122 e. The molecule has 0 saturated carbocycles. The Morgan fingerprint density at radius 3 is 2.00 bits per heavy atom. The Kier molecular flexibility index (Phi) is 2.88. The van der Waals surface area contributed by atoms with Crippen LogP contribution in [0, 0.1) is 0 Å². The van der Waals surface area contributed by atoms with Crippen molar-refractivity contribution in [1.29, 1.82) is 0 Å². The summed E-state index contributed by atoms with van der Waals surface area (Å²) in [7, 11) is -1.04. The van der Waals surface area contributed by atoms with Gasteiger partial charge in [0.25, 0.3) is 0 Å². The Hall–Kier alpha value is -0.333. The van der Waals surface area contributed by atoms with Gasteiger partial charge in [0, 0.05) is 13.6 Å². The van der Waals surface area contributed by atoms with E-state index < -0.39 is 8.07 Å². The quantitative estimate of drug-likeness (QED) is 0.426. The van der Waals surface area contributed by atoms with E-state index in [2.05, 4.69) is 19.6 Å². The van der Waals surface area contributed by atoms with Crippen LogP contribution < -0.4 is 0 Å². The van der Waals surface area contributed by atoms with Crippen LogP contribution in [0.25, 0.3) is 0 Å². The number of carbonyl (C=O) groups excluding carboxylic acids is 1. The van der Waals surface area contributed by atoms with Crippen LogP contribution in [0.5, 0.6) is 0 Å². The lowest BCUT2D eigenvalue weighted by molar-refractivity contribution is 0.567. The van der Waals surface area contributed by atoms with Gasteiger partial charge in [0.05, 0.1) is 0 Å². The molecule has 0 rings (SSSR count). The van der Waals surface area contributed by atoms with Crippen molar-refractivity contribution >= 4 is 14.0 Å². The molecule has 0 heterocycles. The molecule has 0 bridgehead atoms. The van der Waals surface area contributed by atoms with Gasteiger partial charge in [-0.15, -0.1) is 0 Å². The molecule has 0 amide bonds. The average molecular weight is 142 g/mol. The summed E-state index contributed by atoms with van der Waals surface area (Å²) in [6.07, 6.45) is 0. The van der Waals surface area contributed by atoms with E-state index in [0.29, 0.717) is 0 Å². The number of rotatable bonds is 2. The molecule has 0 aromatic rings. The highest BCUT2D eigenvalue weighted by Crippen LogP contribution is 2.12. The second-order valence-electron chi connectivity index (χ2n) is 3.62. The Morgan fingerprint density at radius 2 is 1.89 bits per heavy atom. The molecule has 0 aromatic heterocycles. The standard InChI is InChI=1S/C7H14OSi/c1-7(5-8)6-9(2,3)4/h6H2,1-4H3. The summed E-state index contributed by atoms with van der Waals surface area (Å²) < 4.78 is 0. The minimum Gasteiger partial charge on any atom is -0.234 e. The highest BCUT2D eigenvalue weighted by molar-refractivity contribution is 6.76. The van der Waals surface area contributed by atoms with E-state index in [-0.39, 0.29) is 0 Å². The Bertz CT molecular complexity index is 137. The third kappa shape index (κ3) is 5.54. The maximum absolute atomic E-state index is 10.0. The molecule has 0 aliphatic heterocycles. The summed E-state index contributed by atoms with van der Waals surface area (Å²) >= 11 is 0. The van der Waals surface area contributed by atoms with Crippen LogP contribution >= 0.6 is 0 Å². The first kappa shape index (κ1) is 8.67. The van der Waals surface area contributed by atoms with Gasteiger partial charge in [0.1, 0.15) is 5.94 Å². The van der Waals surface area contributed by atoms with E-state index in [9.17, 15) is 4.79 Å². The SMILES string of the molecule is CC(=C=O)C[Si](C)(C)C. The van der Waals surface area contributed by atoms with E-state index in [0.717, 1.165) is 11.6 Å². The molecule has 0 unspecified atom stereocenters. The highest BCUT2D eigenvalue weighted by atomic mass is 28.3. The Labute approximate surface area is 57.8 Å². The van der Waals surface area contributed by atoms with Crippen molar-refractivity contribution in [2.24, 2.45) is 0 Å². The minimum absolute atomic E-state index is 0.870. The lowest BCUT2D eigenvalue weighted by Crippen LogP contribution is -2.19. The van der Waals surface area contributed by atoms with Gasteiger partial charge >= 0.3 is 0 Å². The molecule has 0 spiro atoms. The Morgan fingerprint density at radius 1 is 1.44 bits per heavy atom. The van der Waals surface area contributed by atoms with Gasteiger partial charge in [-0.3, -0.25) is 0 Å². The van der Waals surface area contributed by atoms with Crippen LogP contribution in [0.4, 0.5) is 0 Å². The molecule has 0 N–H and O–H groups in total. The molecule has 52 valence electrons. The van der Waals surface area contributed by atoms with Crippen molar-refractivity contribution in [3.05, 3.63) is 5.57 Å². The van der Waals surface area contributed by atoms with E-state index in [1.54, 1.807) is 0 Å². The van der Waals surface area contributed by atoms with E-state index in [1.807, 2.05) is 12.9 Å². The summed E-state index contributed by atoms with van der Waals surface area (Å²) in [5.74, 6) is 1.92. The zero-order valence-corrected chi connectivity index (χ0v) is 7.62. The lowest BCUT2D eigenvalue weighted by Gasteiger charge is -2.13. The second-order valence-corrected chi connectivity index (χ2v) is 9.09. The average Bonchev–Trinajstić information content (AvgIpc) is 1.62. The molecule has 1 nitrogen and oxygen atoms in total. The first-order valence-electron chi connectivity index (χ1n) is 3.16. The molecule has 2 heteroatoms. The van der Waals surface area contributed by atoms with Crippen LogP contribution in [-0.4, -0.2) is 14.0 Å². The number of hydrogen-bond acceptors (Lipinski definition) is 1. The molecule has 0 aromatic carbocycles. The molecule has 9 heavy (non-hydrogen) atoms. The monoisotopic (exact) mass is 142 g/mol. The first-order chi connectivity index (χ1) is 3.95. The molecule has 0 radical (unpaired) electrons. The number of allylic oxidation sites excluding steroid dienone is 1. The molecule has 0 saturated heterocycles. The normalized spacial score (nSPS) is 10.7. The summed E-state index contributed by atoms with van der Waals surface area (Å²) in [4.78, 5) is 10.0. The highest BCUT2D eigenvalue weighted by Gasteiger charge is 2.13. The topological polar surface area (TPSA) is 17.1 Å². The van der Waals surface area contributed by atoms with Crippen molar-refractivity contribution in [3.8, 4) is 0 Å². The molecule has 0 fully saturated rings. The second kappa shape index (κ2) is 2.99. The first-order valence-corrected chi connectivity index (χ1v) is 6.87. The van der Waals surface area contributed by atoms with E-state index in [1.165, 1.54) is 0 Å². The van der Waals surface area contributed by atoms with Crippen molar-refractivity contribution in [1.82, 2.24) is 0 Å². The fourth-order valence-corrected chi connectivity index (χ4v) is 2.49. The summed E-state index contributed by atoms with van der Waals surface area (Å²) in [5.41, 5.74) is 0.870. The van der Waals surface area contributed by atoms with Crippen molar-refractivity contribution in [2.75, 3.05) is 0 Å². The summed E-state index contributed by atoms with van der Waals surface area (Å²) in [6, 6.07) is 0.983. The predicted octanol–water partition coefficient (Wildman–Crippen LogP) is 2.10. The third-order valence-electron chi connectivity index (χ3n) is 0.970. The van der Waals surface area contributed by atoms with Crippen molar-refractivity contribution < 1.29 is 4.79 Å². The molecule has 0 aliphatic carbocycles. The van der Waals surface area contributed by atoms with Gasteiger partial charge in [0.15, 0.2) is 0 Å². The minimum atomic E-state index is -1.04. The zero-order chi connectivity index (χ0) is 7.49. The van der Waals surface area contributed by atoms with Crippen LogP contribution in [-0.2, 0) is 4.79 Å². The maximum Gasteiger partial charge on any atom is 0.122 e. The van der Waals surface area contributed by atoms with Gasteiger partial charge in [-0.2, -0.15) is 0 Å². The van der Waals surface area contributed by atoms with Gasteiger partial charge in [-0.25, -0.2) is 4.79 Å². The van der Waals surface area contributed by atoms with Crippen molar-refractivity contribution in [2.45, 2.75) is 32.6 Å².